The molecule has 0 bridgehead atoms. The van der Waals surface area contributed by atoms with E-state index in [4.69, 9.17) is 4.74 Å². The minimum Gasteiger partial charge on any atom is -0.447 e. The highest BCUT2D eigenvalue weighted by Gasteiger charge is 2.24. The predicted molar refractivity (Wildman–Crippen MR) is 105 cm³/mol. The van der Waals surface area contributed by atoms with Gasteiger partial charge in [0.1, 0.15) is 18.2 Å². The van der Waals surface area contributed by atoms with Crippen LogP contribution in [0.3, 0.4) is 0 Å². The van der Waals surface area contributed by atoms with E-state index < -0.39 is 17.7 Å². The number of anilines is 1. The van der Waals surface area contributed by atoms with Crippen LogP contribution in [-0.4, -0.2) is 62.1 Å². The Bertz CT molecular complexity index is 887. The zero-order chi connectivity index (χ0) is 21.0. The number of carbonyl (C=O) groups is 2. The molecule has 29 heavy (non-hydrogen) atoms. The first-order chi connectivity index (χ1) is 13.8. The van der Waals surface area contributed by atoms with Crippen LogP contribution in [0.4, 0.5) is 19.3 Å². The average molecular weight is 403 g/mol. The second-order valence-corrected chi connectivity index (χ2v) is 7.08. The van der Waals surface area contributed by atoms with Gasteiger partial charge in [-0.15, -0.1) is 0 Å². The third kappa shape index (κ3) is 5.08. The number of amides is 2. The number of likely N-dealkylation sites (N-methyl/N-ethyl adjacent to an activating group) is 1. The van der Waals surface area contributed by atoms with Crippen molar-refractivity contribution in [3.8, 4) is 0 Å². The Morgan fingerprint density at radius 3 is 2.41 bits per heavy atom. The molecule has 2 aromatic carbocycles. The third-order valence-corrected chi connectivity index (χ3v) is 4.67. The van der Waals surface area contributed by atoms with Crippen molar-refractivity contribution in [2.24, 2.45) is 0 Å². The van der Waals surface area contributed by atoms with E-state index in [2.05, 4.69) is 0 Å². The van der Waals surface area contributed by atoms with E-state index in [0.29, 0.717) is 37.5 Å². The first kappa shape index (κ1) is 20.7. The van der Waals surface area contributed by atoms with Crippen molar-refractivity contribution in [2.75, 3.05) is 45.2 Å². The summed E-state index contributed by atoms with van der Waals surface area (Å²) in [5.41, 5.74) is 1.31. The molecule has 1 aliphatic rings. The number of halogens is 2. The molecule has 0 atom stereocenters. The lowest BCUT2D eigenvalue weighted by atomic mass is 10.1. The maximum absolute atomic E-state index is 14.1. The molecule has 0 unspecified atom stereocenters. The summed E-state index contributed by atoms with van der Waals surface area (Å²) in [5, 5.41) is 0. The van der Waals surface area contributed by atoms with Crippen LogP contribution in [0.15, 0.2) is 42.5 Å². The molecule has 154 valence electrons. The van der Waals surface area contributed by atoms with E-state index in [1.165, 1.54) is 21.9 Å². The lowest BCUT2D eigenvalue weighted by Gasteiger charge is -2.25. The molecule has 2 aromatic rings. The fourth-order valence-corrected chi connectivity index (χ4v) is 3.02. The number of cyclic esters (lactones) is 1. The smallest absolute Gasteiger partial charge is 0.414 e. The van der Waals surface area contributed by atoms with E-state index in [9.17, 15) is 18.4 Å². The van der Waals surface area contributed by atoms with Gasteiger partial charge in [0.15, 0.2) is 0 Å². The molecule has 2 amide bonds. The maximum Gasteiger partial charge on any atom is 0.414 e. The van der Waals surface area contributed by atoms with Crippen LogP contribution in [0.25, 0.3) is 0 Å². The number of benzene rings is 2. The fraction of sp³-hybridized carbons (Fsp3) is 0.333. The second kappa shape index (κ2) is 9.00. The highest BCUT2D eigenvalue weighted by Crippen LogP contribution is 2.21. The van der Waals surface area contributed by atoms with Gasteiger partial charge < -0.3 is 14.5 Å². The van der Waals surface area contributed by atoms with Crippen molar-refractivity contribution in [1.82, 2.24) is 9.80 Å². The topological polar surface area (TPSA) is 53.1 Å². The van der Waals surface area contributed by atoms with Crippen molar-refractivity contribution < 1.29 is 23.1 Å². The molecule has 0 aliphatic carbocycles. The van der Waals surface area contributed by atoms with Gasteiger partial charge in [-0.05, 0) is 44.4 Å². The molecule has 8 heteroatoms. The highest BCUT2D eigenvalue weighted by molar-refractivity contribution is 5.95. The largest absolute Gasteiger partial charge is 0.447 e. The molecule has 1 fully saturated rings. The SMILES string of the molecule is CN(C)CCN(Cc1ccc(F)cc1F)C(=O)c1ccc(N2CCOC2=O)cc1. The monoisotopic (exact) mass is 403 g/mol. The Kier molecular flexibility index (Phi) is 6.43. The predicted octanol–water partition coefficient (Wildman–Crippen LogP) is 3.13. The minimum atomic E-state index is -0.685. The average Bonchev–Trinajstić information content (AvgIpc) is 3.12. The molecule has 1 heterocycles. The van der Waals surface area contributed by atoms with Crippen LogP contribution in [0.2, 0.25) is 0 Å². The molecule has 3 rings (SSSR count). The van der Waals surface area contributed by atoms with Crippen LogP contribution >= 0.6 is 0 Å². The Morgan fingerprint density at radius 2 is 1.83 bits per heavy atom. The fourth-order valence-electron chi connectivity index (χ4n) is 3.02. The number of rotatable bonds is 7. The summed E-state index contributed by atoms with van der Waals surface area (Å²) in [6.45, 7) is 1.79. The molecule has 0 saturated carbocycles. The van der Waals surface area contributed by atoms with E-state index in [0.717, 1.165) is 6.07 Å². The summed E-state index contributed by atoms with van der Waals surface area (Å²) >= 11 is 0. The number of ether oxygens (including phenoxy) is 1. The van der Waals surface area contributed by atoms with Gasteiger partial charge in [0.05, 0.1) is 6.54 Å². The first-order valence-corrected chi connectivity index (χ1v) is 9.27. The van der Waals surface area contributed by atoms with Gasteiger partial charge in [-0.25, -0.2) is 13.6 Å². The molecule has 6 nitrogen and oxygen atoms in total. The zero-order valence-electron chi connectivity index (χ0n) is 16.4. The summed E-state index contributed by atoms with van der Waals surface area (Å²) in [6, 6.07) is 9.97. The summed E-state index contributed by atoms with van der Waals surface area (Å²) in [5.74, 6) is -1.62. The van der Waals surface area contributed by atoms with E-state index in [1.807, 2.05) is 19.0 Å². The Morgan fingerprint density at radius 1 is 1.10 bits per heavy atom. The normalized spacial score (nSPS) is 13.7. The van der Waals surface area contributed by atoms with Crippen molar-refractivity contribution in [1.29, 1.82) is 0 Å². The van der Waals surface area contributed by atoms with Crippen molar-refractivity contribution in [2.45, 2.75) is 6.54 Å². The number of nitrogens with zero attached hydrogens (tertiary/aromatic N) is 3. The summed E-state index contributed by atoms with van der Waals surface area (Å²) in [6.07, 6.45) is -0.413. The van der Waals surface area contributed by atoms with Gasteiger partial charge in [-0.1, -0.05) is 6.07 Å². The van der Waals surface area contributed by atoms with Gasteiger partial charge in [0, 0.05) is 42.5 Å². The highest BCUT2D eigenvalue weighted by atomic mass is 19.1. The van der Waals surface area contributed by atoms with Gasteiger partial charge in [-0.3, -0.25) is 9.69 Å². The van der Waals surface area contributed by atoms with Crippen molar-refractivity contribution in [3.05, 3.63) is 65.2 Å². The number of carbonyl (C=O) groups excluding carboxylic acids is 2. The molecular weight excluding hydrogens is 380 g/mol. The molecule has 1 aliphatic heterocycles. The summed E-state index contributed by atoms with van der Waals surface area (Å²) < 4.78 is 32.2. The lowest BCUT2D eigenvalue weighted by Crippen LogP contribution is -2.36. The summed E-state index contributed by atoms with van der Waals surface area (Å²) in [4.78, 5) is 29.6. The van der Waals surface area contributed by atoms with Crippen LogP contribution < -0.4 is 4.90 Å². The zero-order valence-corrected chi connectivity index (χ0v) is 16.4. The van der Waals surface area contributed by atoms with E-state index >= 15 is 0 Å². The van der Waals surface area contributed by atoms with E-state index in [-0.39, 0.29) is 18.0 Å². The molecular formula is C21H23F2N3O3. The standard InChI is InChI=1S/C21H23F2N3O3/c1-24(2)9-10-25(14-16-3-6-17(22)13-19(16)23)20(27)15-4-7-18(8-5-15)26-11-12-29-21(26)28/h3-8,13H,9-12,14H2,1-2H3. The Hall–Kier alpha value is -3.00. The molecule has 0 radical (unpaired) electrons. The van der Waals surface area contributed by atoms with Gasteiger partial charge in [-0.2, -0.15) is 0 Å². The molecule has 0 spiro atoms. The number of hydrogen-bond donors (Lipinski definition) is 0. The quantitative estimate of drug-likeness (QED) is 0.713. The van der Waals surface area contributed by atoms with Crippen molar-refractivity contribution in [3.63, 3.8) is 0 Å². The van der Waals surface area contributed by atoms with Crippen LogP contribution in [0.5, 0.6) is 0 Å². The van der Waals surface area contributed by atoms with Gasteiger partial charge in [0.25, 0.3) is 5.91 Å². The van der Waals surface area contributed by atoms with E-state index in [1.54, 1.807) is 24.3 Å². The lowest BCUT2D eigenvalue weighted by molar-refractivity contribution is 0.0730. The molecule has 0 N–H and O–H groups in total. The Labute approximate surface area is 168 Å². The minimum absolute atomic E-state index is 0.0268. The first-order valence-electron chi connectivity index (χ1n) is 9.27. The van der Waals surface area contributed by atoms with Gasteiger partial charge in [0.2, 0.25) is 0 Å². The van der Waals surface area contributed by atoms with Crippen molar-refractivity contribution >= 4 is 17.7 Å². The second-order valence-electron chi connectivity index (χ2n) is 7.08. The maximum atomic E-state index is 14.1. The van der Waals surface area contributed by atoms with Crippen LogP contribution in [0, 0.1) is 11.6 Å². The third-order valence-electron chi connectivity index (χ3n) is 4.67. The number of hydrogen-bond acceptors (Lipinski definition) is 4. The molecule has 1 saturated heterocycles. The van der Waals surface area contributed by atoms with Gasteiger partial charge >= 0.3 is 6.09 Å². The van der Waals surface area contributed by atoms with Crippen LogP contribution in [0.1, 0.15) is 15.9 Å². The van der Waals surface area contributed by atoms with Crippen LogP contribution in [-0.2, 0) is 11.3 Å². The summed E-state index contributed by atoms with van der Waals surface area (Å²) in [7, 11) is 3.76. The Balaban J connectivity index is 1.79. The molecule has 0 aromatic heterocycles.